The van der Waals surface area contributed by atoms with Crippen molar-refractivity contribution in [2.24, 2.45) is 0 Å². The summed E-state index contributed by atoms with van der Waals surface area (Å²) in [5.74, 6) is 0. The molecule has 0 fully saturated rings. The van der Waals surface area contributed by atoms with Crippen LogP contribution in [0.3, 0.4) is 0 Å². The Bertz CT molecular complexity index is 3750. The lowest BCUT2D eigenvalue weighted by Crippen LogP contribution is -2.14. The van der Waals surface area contributed by atoms with Gasteiger partial charge in [-0.05, 0) is 111 Å². The molecular formula is C59H38O. The zero-order valence-electron chi connectivity index (χ0n) is 33.4. The number of benzene rings is 11. The molecule has 60 heavy (non-hydrogen) atoms. The summed E-state index contributed by atoms with van der Waals surface area (Å²) in [4.78, 5) is 0. The van der Waals surface area contributed by atoms with Crippen LogP contribution in [0.4, 0.5) is 0 Å². The first kappa shape index (κ1) is 33.5. The van der Waals surface area contributed by atoms with Crippen molar-refractivity contribution in [1.29, 1.82) is 0 Å². The van der Waals surface area contributed by atoms with Gasteiger partial charge in [-0.15, -0.1) is 0 Å². The standard InChI is InChI=1S/C59H38O/c1-59(2)52-26-14-13-25-49(52)56-53(59)32-31-48-51-34-50(40-19-7-12-24-47(40)57(51)60-58(48)56)41-29-30-46(39-18-6-5-17-38(39)41)55-44-22-10-8-20-42(44)54(43-21-9-11-23-45(43)55)37-28-27-35-15-3-4-16-36(35)33-37/h3-34H,1-2H3. The summed E-state index contributed by atoms with van der Waals surface area (Å²) < 4.78 is 7.06. The average molecular weight is 763 g/mol. The Morgan fingerprint density at radius 1 is 0.300 bits per heavy atom. The highest BCUT2D eigenvalue weighted by Gasteiger charge is 2.37. The van der Waals surface area contributed by atoms with Crippen LogP contribution in [-0.2, 0) is 5.41 Å². The Labute approximate surface area is 347 Å². The molecule has 1 aliphatic rings. The van der Waals surface area contributed by atoms with E-state index in [1.165, 1.54) is 104 Å². The normalized spacial score (nSPS) is 13.3. The summed E-state index contributed by atoms with van der Waals surface area (Å²) >= 11 is 0. The smallest absolute Gasteiger partial charge is 0.143 e. The van der Waals surface area contributed by atoms with Crippen molar-refractivity contribution >= 4 is 75.8 Å². The van der Waals surface area contributed by atoms with Gasteiger partial charge in [-0.25, -0.2) is 0 Å². The van der Waals surface area contributed by atoms with Gasteiger partial charge in [0.2, 0.25) is 0 Å². The molecule has 1 nitrogen and oxygen atoms in total. The van der Waals surface area contributed by atoms with Gasteiger partial charge in [-0.1, -0.05) is 196 Å². The van der Waals surface area contributed by atoms with E-state index in [1.54, 1.807) is 0 Å². The number of hydrogen-bond donors (Lipinski definition) is 0. The third kappa shape index (κ3) is 4.52. The molecule has 12 aromatic rings. The highest BCUT2D eigenvalue weighted by Crippen LogP contribution is 2.54. The van der Waals surface area contributed by atoms with Gasteiger partial charge in [0.1, 0.15) is 11.2 Å². The van der Waals surface area contributed by atoms with E-state index in [0.29, 0.717) is 0 Å². The molecule has 0 unspecified atom stereocenters. The Kier molecular flexibility index (Phi) is 6.85. The molecule has 0 atom stereocenters. The van der Waals surface area contributed by atoms with Crippen LogP contribution in [0.2, 0.25) is 0 Å². The first-order valence-corrected chi connectivity index (χ1v) is 21.0. The Hall–Kier alpha value is -7.48. The zero-order chi connectivity index (χ0) is 39.7. The van der Waals surface area contributed by atoms with Crippen LogP contribution in [0.1, 0.15) is 25.0 Å². The first-order chi connectivity index (χ1) is 29.5. The summed E-state index contributed by atoms with van der Waals surface area (Å²) in [5.41, 5.74) is 14.5. The average Bonchev–Trinajstić information content (AvgIpc) is 3.79. The van der Waals surface area contributed by atoms with Crippen LogP contribution in [-0.4, -0.2) is 0 Å². The van der Waals surface area contributed by atoms with E-state index in [0.717, 1.165) is 27.3 Å². The van der Waals surface area contributed by atoms with Crippen molar-refractivity contribution in [3.63, 3.8) is 0 Å². The molecule has 0 radical (unpaired) electrons. The molecule has 0 aliphatic heterocycles. The topological polar surface area (TPSA) is 13.1 Å². The molecule has 0 bridgehead atoms. The van der Waals surface area contributed by atoms with E-state index >= 15 is 0 Å². The monoisotopic (exact) mass is 762 g/mol. The molecule has 280 valence electrons. The van der Waals surface area contributed by atoms with E-state index in [4.69, 9.17) is 4.42 Å². The number of rotatable bonds is 3. The number of furan rings is 1. The van der Waals surface area contributed by atoms with Crippen LogP contribution in [0.5, 0.6) is 0 Å². The van der Waals surface area contributed by atoms with Gasteiger partial charge in [0.05, 0.1) is 0 Å². The predicted octanol–water partition coefficient (Wildman–Crippen LogP) is 16.7. The molecule has 11 aromatic carbocycles. The lowest BCUT2D eigenvalue weighted by molar-refractivity contribution is 0.654. The van der Waals surface area contributed by atoms with Gasteiger partial charge in [0.25, 0.3) is 0 Å². The highest BCUT2D eigenvalue weighted by atomic mass is 16.3. The Morgan fingerprint density at radius 3 is 1.55 bits per heavy atom. The van der Waals surface area contributed by atoms with Crippen molar-refractivity contribution in [1.82, 2.24) is 0 Å². The molecule has 0 N–H and O–H groups in total. The minimum atomic E-state index is -0.0968. The molecule has 1 heterocycles. The largest absolute Gasteiger partial charge is 0.455 e. The van der Waals surface area contributed by atoms with E-state index < -0.39 is 0 Å². The fourth-order valence-corrected chi connectivity index (χ4v) is 10.9. The fraction of sp³-hybridized carbons (Fsp3) is 0.0508. The summed E-state index contributed by atoms with van der Waals surface area (Å²) in [6.07, 6.45) is 0. The number of hydrogen-bond acceptors (Lipinski definition) is 1. The molecule has 1 heteroatoms. The van der Waals surface area contributed by atoms with Crippen molar-refractivity contribution < 1.29 is 4.42 Å². The lowest BCUT2D eigenvalue weighted by atomic mass is 9.82. The van der Waals surface area contributed by atoms with Gasteiger partial charge in [-0.2, -0.15) is 0 Å². The van der Waals surface area contributed by atoms with Crippen molar-refractivity contribution in [3.05, 3.63) is 205 Å². The van der Waals surface area contributed by atoms with E-state index in [2.05, 4.69) is 208 Å². The molecule has 13 rings (SSSR count). The van der Waals surface area contributed by atoms with Crippen molar-refractivity contribution in [3.8, 4) is 44.5 Å². The Morgan fingerprint density at radius 2 is 0.833 bits per heavy atom. The van der Waals surface area contributed by atoms with Crippen molar-refractivity contribution in [2.75, 3.05) is 0 Å². The zero-order valence-corrected chi connectivity index (χ0v) is 33.4. The van der Waals surface area contributed by atoms with Gasteiger partial charge in [0, 0.05) is 27.1 Å². The van der Waals surface area contributed by atoms with Crippen LogP contribution < -0.4 is 0 Å². The summed E-state index contributed by atoms with van der Waals surface area (Å²) in [6.45, 7) is 4.67. The van der Waals surface area contributed by atoms with Crippen LogP contribution in [0.15, 0.2) is 199 Å². The molecule has 0 saturated heterocycles. The van der Waals surface area contributed by atoms with Gasteiger partial charge in [-0.3, -0.25) is 0 Å². The lowest BCUT2D eigenvalue weighted by Gasteiger charge is -2.21. The van der Waals surface area contributed by atoms with Gasteiger partial charge in [0.15, 0.2) is 0 Å². The second-order valence-corrected chi connectivity index (χ2v) is 17.1. The fourth-order valence-electron chi connectivity index (χ4n) is 10.9. The third-order valence-electron chi connectivity index (χ3n) is 13.6. The third-order valence-corrected chi connectivity index (χ3v) is 13.6. The summed E-state index contributed by atoms with van der Waals surface area (Å²) in [5, 5.41) is 14.6. The molecule has 1 aromatic heterocycles. The predicted molar refractivity (Wildman–Crippen MR) is 255 cm³/mol. The maximum Gasteiger partial charge on any atom is 0.143 e. The Balaban J connectivity index is 1.07. The minimum Gasteiger partial charge on any atom is -0.455 e. The molecule has 0 spiro atoms. The highest BCUT2D eigenvalue weighted by molar-refractivity contribution is 6.26. The number of fused-ring (bicyclic) bond motifs is 13. The van der Waals surface area contributed by atoms with Crippen LogP contribution in [0.25, 0.3) is 120 Å². The second-order valence-electron chi connectivity index (χ2n) is 17.1. The van der Waals surface area contributed by atoms with Gasteiger partial charge < -0.3 is 4.42 Å². The van der Waals surface area contributed by atoms with E-state index in [-0.39, 0.29) is 5.41 Å². The van der Waals surface area contributed by atoms with Crippen LogP contribution in [0, 0.1) is 0 Å². The van der Waals surface area contributed by atoms with E-state index in [1.807, 2.05) is 0 Å². The molecular weight excluding hydrogens is 725 g/mol. The summed E-state index contributed by atoms with van der Waals surface area (Å²) in [7, 11) is 0. The minimum absolute atomic E-state index is 0.0968. The molecule has 0 saturated carbocycles. The van der Waals surface area contributed by atoms with Crippen molar-refractivity contribution in [2.45, 2.75) is 19.3 Å². The summed E-state index contributed by atoms with van der Waals surface area (Å²) in [6, 6.07) is 71.9. The second kappa shape index (κ2) is 12.3. The molecule has 0 amide bonds. The van der Waals surface area contributed by atoms with Gasteiger partial charge >= 0.3 is 0 Å². The maximum absolute atomic E-state index is 7.06. The first-order valence-electron chi connectivity index (χ1n) is 21.0. The maximum atomic E-state index is 7.06. The quantitative estimate of drug-likeness (QED) is 0.163. The molecule has 1 aliphatic carbocycles. The SMILES string of the molecule is CC1(C)c2ccccc2-c2c1ccc1c2oc2c3ccccc3c(-c3ccc(-c4c5ccccc5c(-c5ccc6ccccc6c5)c5ccccc45)c4ccccc34)cc12. The van der Waals surface area contributed by atoms with E-state index in [9.17, 15) is 0 Å². The van der Waals surface area contributed by atoms with Crippen LogP contribution >= 0.6 is 0 Å².